The molecular weight excluding hydrogens is 443 g/mol. The number of rotatable bonds is 6. The molecule has 0 spiro atoms. The Labute approximate surface area is 185 Å². The summed E-state index contributed by atoms with van der Waals surface area (Å²) in [5.41, 5.74) is -0.347. The molecule has 0 radical (unpaired) electrons. The van der Waals surface area contributed by atoms with Gasteiger partial charge in [-0.2, -0.15) is 13.2 Å². The minimum absolute atomic E-state index is 0.0624. The average molecular weight is 465 g/mol. The van der Waals surface area contributed by atoms with Crippen LogP contribution in [0.5, 0.6) is 0 Å². The number of aliphatic hydroxyl groups excluding tert-OH is 1. The third kappa shape index (κ3) is 4.56. The summed E-state index contributed by atoms with van der Waals surface area (Å²) >= 11 is 1.55. The van der Waals surface area contributed by atoms with E-state index in [9.17, 15) is 27.9 Å². The van der Waals surface area contributed by atoms with Gasteiger partial charge in [0.1, 0.15) is 4.83 Å². The number of thiophene rings is 1. The highest BCUT2D eigenvalue weighted by atomic mass is 32.1. The van der Waals surface area contributed by atoms with Crippen LogP contribution in [-0.2, 0) is 30.4 Å². The van der Waals surface area contributed by atoms with Crippen LogP contribution in [0.15, 0.2) is 35.4 Å². The standard InChI is InChI=1S/C22H22F3N3O3S/c23-22(24,25)15-7-3-1-5-13(15)16(29)11-26-18(30)9-10-28-12-27-20-19(21(28)31)14-6-2-4-8-17(14)32-20/h1,3,5,7,12,16,29H,2,4,6,8-11H2,(H,26,30). The molecule has 0 saturated heterocycles. The molecule has 1 aromatic carbocycles. The molecule has 2 aromatic heterocycles. The van der Waals surface area contributed by atoms with Gasteiger partial charge in [0.2, 0.25) is 5.91 Å². The first-order chi connectivity index (χ1) is 15.3. The molecule has 0 fully saturated rings. The first-order valence-electron chi connectivity index (χ1n) is 10.4. The van der Waals surface area contributed by atoms with Crippen LogP contribution < -0.4 is 10.9 Å². The average Bonchev–Trinajstić information content (AvgIpc) is 3.16. The molecule has 6 nitrogen and oxygen atoms in total. The number of hydrogen-bond donors (Lipinski definition) is 2. The van der Waals surface area contributed by atoms with Crippen molar-refractivity contribution in [1.82, 2.24) is 14.9 Å². The summed E-state index contributed by atoms with van der Waals surface area (Å²) in [6, 6.07) is 4.71. The number of carbonyl (C=O) groups is 1. The zero-order valence-corrected chi connectivity index (χ0v) is 17.9. The minimum atomic E-state index is -4.60. The lowest BCUT2D eigenvalue weighted by atomic mass is 9.97. The molecule has 1 amide bonds. The third-order valence-corrected chi connectivity index (χ3v) is 6.84. The van der Waals surface area contributed by atoms with E-state index in [2.05, 4.69) is 10.3 Å². The Morgan fingerprint density at radius 2 is 2.00 bits per heavy atom. The number of carbonyl (C=O) groups excluding carboxylic acids is 1. The maximum atomic E-state index is 13.1. The number of alkyl halides is 3. The second-order valence-corrected chi connectivity index (χ2v) is 8.87. The minimum Gasteiger partial charge on any atom is -0.387 e. The Hall–Kier alpha value is -2.72. The summed E-state index contributed by atoms with van der Waals surface area (Å²) in [5.74, 6) is -0.479. The fraction of sp³-hybridized carbons (Fsp3) is 0.409. The molecule has 1 aliphatic rings. The molecule has 0 aliphatic heterocycles. The first kappa shape index (κ1) is 22.5. The van der Waals surface area contributed by atoms with Gasteiger partial charge in [0, 0.05) is 24.4 Å². The Bertz CT molecular complexity index is 1200. The van der Waals surface area contributed by atoms with Gasteiger partial charge >= 0.3 is 6.18 Å². The Morgan fingerprint density at radius 1 is 1.25 bits per heavy atom. The van der Waals surface area contributed by atoms with Gasteiger partial charge in [-0.1, -0.05) is 18.2 Å². The molecule has 32 heavy (non-hydrogen) atoms. The molecule has 0 saturated carbocycles. The Balaban J connectivity index is 1.39. The molecule has 1 aliphatic carbocycles. The maximum Gasteiger partial charge on any atom is 0.416 e. The summed E-state index contributed by atoms with van der Waals surface area (Å²) in [7, 11) is 0. The number of nitrogens with zero attached hydrogens (tertiary/aromatic N) is 2. The highest BCUT2D eigenvalue weighted by Crippen LogP contribution is 2.35. The van der Waals surface area contributed by atoms with Crippen LogP contribution in [0, 0.1) is 0 Å². The van der Waals surface area contributed by atoms with Crippen molar-refractivity contribution in [1.29, 1.82) is 0 Å². The van der Waals surface area contributed by atoms with Crippen LogP contribution in [-0.4, -0.2) is 27.1 Å². The van der Waals surface area contributed by atoms with Crippen LogP contribution in [0.1, 0.15) is 46.9 Å². The van der Waals surface area contributed by atoms with Gasteiger partial charge in [0.15, 0.2) is 0 Å². The molecule has 3 aromatic rings. The van der Waals surface area contributed by atoms with Crippen LogP contribution in [0.3, 0.4) is 0 Å². The normalized spacial score (nSPS) is 14.9. The van der Waals surface area contributed by atoms with Crippen molar-refractivity contribution in [2.75, 3.05) is 6.54 Å². The van der Waals surface area contributed by atoms with E-state index < -0.39 is 23.8 Å². The molecule has 170 valence electrons. The van der Waals surface area contributed by atoms with E-state index in [-0.39, 0.29) is 30.6 Å². The topological polar surface area (TPSA) is 84.2 Å². The first-order valence-corrected chi connectivity index (χ1v) is 11.2. The number of hydrogen-bond acceptors (Lipinski definition) is 5. The van der Waals surface area contributed by atoms with Crippen molar-refractivity contribution in [3.05, 3.63) is 62.5 Å². The predicted octanol–water partition coefficient (Wildman–Crippen LogP) is 3.60. The molecule has 1 atom stereocenters. The lowest BCUT2D eigenvalue weighted by molar-refractivity contribution is -0.139. The molecular formula is C22H22F3N3O3S. The predicted molar refractivity (Wildman–Crippen MR) is 115 cm³/mol. The van der Waals surface area contributed by atoms with Crippen molar-refractivity contribution in [3.8, 4) is 0 Å². The van der Waals surface area contributed by atoms with Crippen LogP contribution in [0.25, 0.3) is 10.2 Å². The zero-order valence-electron chi connectivity index (χ0n) is 17.1. The number of aromatic nitrogens is 2. The van der Waals surface area contributed by atoms with Gasteiger partial charge in [-0.15, -0.1) is 11.3 Å². The van der Waals surface area contributed by atoms with Crippen molar-refractivity contribution >= 4 is 27.5 Å². The summed E-state index contributed by atoms with van der Waals surface area (Å²) < 4.78 is 40.7. The second-order valence-electron chi connectivity index (χ2n) is 7.79. The van der Waals surface area contributed by atoms with Crippen LogP contribution >= 0.6 is 11.3 Å². The quantitative estimate of drug-likeness (QED) is 0.583. The van der Waals surface area contributed by atoms with E-state index in [0.717, 1.165) is 37.3 Å². The van der Waals surface area contributed by atoms with Gasteiger partial charge in [-0.3, -0.25) is 14.2 Å². The lowest BCUT2D eigenvalue weighted by Crippen LogP contribution is -2.31. The number of benzene rings is 1. The monoisotopic (exact) mass is 465 g/mol. The largest absolute Gasteiger partial charge is 0.416 e. The molecule has 4 rings (SSSR count). The Morgan fingerprint density at radius 3 is 2.78 bits per heavy atom. The van der Waals surface area contributed by atoms with Gasteiger partial charge in [-0.25, -0.2) is 4.98 Å². The number of fused-ring (bicyclic) bond motifs is 3. The molecule has 1 unspecified atom stereocenters. The fourth-order valence-corrected chi connectivity index (χ4v) is 5.24. The van der Waals surface area contributed by atoms with E-state index in [0.29, 0.717) is 10.2 Å². The van der Waals surface area contributed by atoms with Gasteiger partial charge < -0.3 is 10.4 Å². The number of halogens is 3. The maximum absolute atomic E-state index is 13.1. The number of aliphatic hydroxyl groups is 1. The second kappa shape index (κ2) is 9.03. The van der Waals surface area contributed by atoms with Crippen molar-refractivity contribution in [2.45, 2.75) is 50.9 Å². The van der Waals surface area contributed by atoms with Crippen LogP contribution in [0.4, 0.5) is 13.2 Å². The molecule has 10 heteroatoms. The zero-order chi connectivity index (χ0) is 22.9. The number of aryl methyl sites for hydroxylation is 3. The van der Waals surface area contributed by atoms with E-state index in [4.69, 9.17) is 0 Å². The van der Waals surface area contributed by atoms with E-state index in [1.165, 1.54) is 34.0 Å². The molecule has 2 heterocycles. The summed E-state index contributed by atoms with van der Waals surface area (Å²) in [6.45, 7) is -0.274. The molecule has 0 bridgehead atoms. The number of amides is 1. The highest BCUT2D eigenvalue weighted by Gasteiger charge is 2.34. The van der Waals surface area contributed by atoms with E-state index in [1.807, 2.05) is 0 Å². The lowest BCUT2D eigenvalue weighted by Gasteiger charge is -2.18. The van der Waals surface area contributed by atoms with Crippen molar-refractivity contribution < 1.29 is 23.1 Å². The van der Waals surface area contributed by atoms with E-state index >= 15 is 0 Å². The van der Waals surface area contributed by atoms with Gasteiger partial charge in [0.25, 0.3) is 5.56 Å². The number of nitrogens with one attached hydrogen (secondary N) is 1. The SMILES string of the molecule is O=C(CCn1cnc2sc3c(c2c1=O)CCCC3)NCC(O)c1ccccc1C(F)(F)F. The van der Waals surface area contributed by atoms with Crippen molar-refractivity contribution in [3.63, 3.8) is 0 Å². The van der Waals surface area contributed by atoms with Crippen molar-refractivity contribution in [2.24, 2.45) is 0 Å². The summed E-state index contributed by atoms with van der Waals surface area (Å²) in [4.78, 5) is 31.4. The summed E-state index contributed by atoms with van der Waals surface area (Å²) in [5, 5.41) is 13.2. The fourth-order valence-electron chi connectivity index (χ4n) is 4.02. The van der Waals surface area contributed by atoms with Gasteiger partial charge in [0.05, 0.1) is 23.4 Å². The van der Waals surface area contributed by atoms with Gasteiger partial charge in [-0.05, 0) is 42.9 Å². The smallest absolute Gasteiger partial charge is 0.387 e. The highest BCUT2D eigenvalue weighted by molar-refractivity contribution is 7.18. The summed E-state index contributed by atoms with van der Waals surface area (Å²) in [6.07, 6.45) is -0.791. The molecule has 2 N–H and O–H groups in total. The Kier molecular flexibility index (Phi) is 6.34. The van der Waals surface area contributed by atoms with E-state index in [1.54, 1.807) is 11.3 Å². The van der Waals surface area contributed by atoms with Crippen LogP contribution in [0.2, 0.25) is 0 Å². The third-order valence-electron chi connectivity index (χ3n) is 5.64.